The van der Waals surface area contributed by atoms with Crippen LogP contribution in [0.15, 0.2) is 0 Å². The predicted octanol–water partition coefficient (Wildman–Crippen LogP) is -0.336. The number of likely N-dealkylation sites (N-methyl/N-ethyl adjacent to an activating group) is 1. The highest BCUT2D eigenvalue weighted by Gasteiger charge is 2.15. The van der Waals surface area contributed by atoms with Gasteiger partial charge in [0, 0.05) is 13.1 Å². The molecule has 5 heteroatoms. The SMILES string of the molecule is CC(C)[C@H](N)C(=O)NCCOCCN(C)C. The number of nitrogens with one attached hydrogen (secondary N) is 1. The number of nitrogens with zero attached hydrogens (tertiary/aromatic N) is 1. The Balaban J connectivity index is 3.41. The molecule has 0 aliphatic carbocycles. The fraction of sp³-hybridized carbons (Fsp3) is 0.909. The van der Waals surface area contributed by atoms with Crippen molar-refractivity contribution in [2.75, 3.05) is 40.4 Å². The van der Waals surface area contributed by atoms with Crippen LogP contribution in [0.5, 0.6) is 0 Å². The van der Waals surface area contributed by atoms with Crippen molar-refractivity contribution in [2.45, 2.75) is 19.9 Å². The Bertz CT molecular complexity index is 196. The van der Waals surface area contributed by atoms with E-state index in [0.717, 1.165) is 6.54 Å². The van der Waals surface area contributed by atoms with Crippen LogP contribution in [0, 0.1) is 5.92 Å². The zero-order valence-corrected chi connectivity index (χ0v) is 10.8. The highest BCUT2D eigenvalue weighted by molar-refractivity contribution is 5.81. The van der Waals surface area contributed by atoms with Crippen molar-refractivity contribution >= 4 is 5.91 Å². The van der Waals surface area contributed by atoms with Crippen molar-refractivity contribution in [1.29, 1.82) is 0 Å². The molecule has 1 amide bonds. The van der Waals surface area contributed by atoms with Crippen LogP contribution in [0.25, 0.3) is 0 Å². The van der Waals surface area contributed by atoms with Gasteiger partial charge in [-0.2, -0.15) is 0 Å². The molecule has 0 aromatic rings. The molecule has 0 fully saturated rings. The Morgan fingerprint density at radius 1 is 1.38 bits per heavy atom. The summed E-state index contributed by atoms with van der Waals surface area (Å²) in [7, 11) is 3.99. The Kier molecular flexibility index (Phi) is 8.15. The van der Waals surface area contributed by atoms with Gasteiger partial charge in [-0.3, -0.25) is 4.79 Å². The van der Waals surface area contributed by atoms with Gasteiger partial charge in [-0.15, -0.1) is 0 Å². The van der Waals surface area contributed by atoms with Crippen LogP contribution in [-0.4, -0.2) is 57.2 Å². The van der Waals surface area contributed by atoms with Gasteiger partial charge in [0.15, 0.2) is 0 Å². The zero-order chi connectivity index (χ0) is 12.6. The van der Waals surface area contributed by atoms with Crippen molar-refractivity contribution in [3.05, 3.63) is 0 Å². The van der Waals surface area contributed by atoms with Gasteiger partial charge in [-0.1, -0.05) is 13.8 Å². The van der Waals surface area contributed by atoms with Crippen LogP contribution in [0.2, 0.25) is 0 Å². The molecule has 0 aliphatic rings. The van der Waals surface area contributed by atoms with E-state index < -0.39 is 6.04 Å². The van der Waals surface area contributed by atoms with Crippen molar-refractivity contribution < 1.29 is 9.53 Å². The molecule has 3 N–H and O–H groups in total. The molecular weight excluding hydrogens is 206 g/mol. The predicted molar refractivity (Wildman–Crippen MR) is 65.2 cm³/mol. The Labute approximate surface area is 98.3 Å². The first-order valence-electron chi connectivity index (χ1n) is 5.71. The van der Waals surface area contributed by atoms with E-state index in [0.29, 0.717) is 19.8 Å². The van der Waals surface area contributed by atoms with Crippen molar-refractivity contribution in [3.63, 3.8) is 0 Å². The molecule has 5 nitrogen and oxygen atoms in total. The molecule has 0 bridgehead atoms. The minimum atomic E-state index is -0.429. The van der Waals surface area contributed by atoms with Gasteiger partial charge in [-0.05, 0) is 20.0 Å². The second kappa shape index (κ2) is 8.50. The topological polar surface area (TPSA) is 67.6 Å². The average Bonchev–Trinajstić information content (AvgIpc) is 2.21. The van der Waals surface area contributed by atoms with Crippen LogP contribution >= 0.6 is 0 Å². The van der Waals surface area contributed by atoms with Crippen LogP contribution in [0.3, 0.4) is 0 Å². The zero-order valence-electron chi connectivity index (χ0n) is 10.8. The molecule has 16 heavy (non-hydrogen) atoms. The number of carbonyl (C=O) groups excluding carboxylic acids is 1. The Morgan fingerprint density at radius 2 is 2.00 bits per heavy atom. The van der Waals surface area contributed by atoms with E-state index in [9.17, 15) is 4.79 Å². The molecule has 0 aliphatic heterocycles. The van der Waals surface area contributed by atoms with Gasteiger partial charge in [0.2, 0.25) is 5.91 Å². The molecule has 0 heterocycles. The van der Waals surface area contributed by atoms with Crippen LogP contribution in [0.4, 0.5) is 0 Å². The molecule has 1 atom stereocenters. The molecular formula is C11H25N3O2. The van der Waals surface area contributed by atoms with Crippen molar-refractivity contribution in [1.82, 2.24) is 10.2 Å². The van der Waals surface area contributed by atoms with E-state index in [1.807, 2.05) is 32.8 Å². The summed E-state index contributed by atoms with van der Waals surface area (Å²) in [4.78, 5) is 13.5. The quantitative estimate of drug-likeness (QED) is 0.561. The number of hydrogen-bond donors (Lipinski definition) is 2. The lowest BCUT2D eigenvalue weighted by Crippen LogP contribution is -2.44. The van der Waals surface area contributed by atoms with E-state index in [2.05, 4.69) is 5.32 Å². The monoisotopic (exact) mass is 231 g/mol. The smallest absolute Gasteiger partial charge is 0.237 e. The summed E-state index contributed by atoms with van der Waals surface area (Å²) in [5.74, 6) is 0.0564. The van der Waals surface area contributed by atoms with Crippen LogP contribution in [0.1, 0.15) is 13.8 Å². The first kappa shape index (κ1) is 15.3. The third-order valence-electron chi connectivity index (χ3n) is 2.25. The van der Waals surface area contributed by atoms with Crippen LogP contribution in [-0.2, 0) is 9.53 Å². The van der Waals surface area contributed by atoms with E-state index in [1.165, 1.54) is 0 Å². The lowest BCUT2D eigenvalue weighted by Gasteiger charge is -2.15. The minimum absolute atomic E-state index is 0.105. The third-order valence-corrected chi connectivity index (χ3v) is 2.25. The molecule has 0 radical (unpaired) electrons. The second-order valence-corrected chi connectivity index (χ2v) is 4.48. The second-order valence-electron chi connectivity index (χ2n) is 4.48. The molecule has 0 aromatic heterocycles. The number of amides is 1. The minimum Gasteiger partial charge on any atom is -0.378 e. The summed E-state index contributed by atoms with van der Waals surface area (Å²) in [6.07, 6.45) is 0. The molecule has 0 saturated heterocycles. The molecule has 0 spiro atoms. The fourth-order valence-electron chi connectivity index (χ4n) is 1.02. The summed E-state index contributed by atoms with van der Waals surface area (Å²) in [6.45, 7) is 6.48. The lowest BCUT2D eigenvalue weighted by molar-refractivity contribution is -0.123. The molecule has 0 saturated carbocycles. The summed E-state index contributed by atoms with van der Waals surface area (Å²) in [6, 6.07) is -0.429. The standard InChI is InChI=1S/C11H25N3O2/c1-9(2)10(12)11(15)13-5-7-16-8-6-14(3)4/h9-10H,5-8,12H2,1-4H3,(H,13,15)/t10-/m0/s1. The van der Waals surface area contributed by atoms with E-state index in [1.54, 1.807) is 0 Å². The summed E-state index contributed by atoms with van der Waals surface area (Å²) >= 11 is 0. The van der Waals surface area contributed by atoms with Gasteiger partial charge in [-0.25, -0.2) is 0 Å². The summed E-state index contributed by atoms with van der Waals surface area (Å²) in [5, 5.41) is 2.75. The lowest BCUT2D eigenvalue weighted by atomic mass is 10.1. The van der Waals surface area contributed by atoms with Crippen LogP contribution < -0.4 is 11.1 Å². The Morgan fingerprint density at radius 3 is 2.50 bits per heavy atom. The van der Waals surface area contributed by atoms with Crippen molar-refractivity contribution in [2.24, 2.45) is 11.7 Å². The summed E-state index contributed by atoms with van der Waals surface area (Å²) < 4.78 is 5.34. The van der Waals surface area contributed by atoms with Gasteiger partial charge in [0.05, 0.1) is 19.3 Å². The van der Waals surface area contributed by atoms with Gasteiger partial charge >= 0.3 is 0 Å². The van der Waals surface area contributed by atoms with E-state index in [4.69, 9.17) is 10.5 Å². The number of nitrogens with two attached hydrogens (primary N) is 1. The molecule has 0 aromatic carbocycles. The van der Waals surface area contributed by atoms with Gasteiger partial charge in [0.1, 0.15) is 0 Å². The van der Waals surface area contributed by atoms with Crippen molar-refractivity contribution in [3.8, 4) is 0 Å². The summed E-state index contributed by atoms with van der Waals surface area (Å²) in [5.41, 5.74) is 5.68. The molecule has 0 unspecified atom stereocenters. The first-order chi connectivity index (χ1) is 7.45. The fourth-order valence-corrected chi connectivity index (χ4v) is 1.02. The maximum atomic E-state index is 11.4. The number of ether oxygens (including phenoxy) is 1. The number of hydrogen-bond acceptors (Lipinski definition) is 4. The van der Waals surface area contributed by atoms with E-state index >= 15 is 0 Å². The molecule has 96 valence electrons. The first-order valence-corrected chi connectivity index (χ1v) is 5.71. The molecule has 0 rings (SSSR count). The maximum Gasteiger partial charge on any atom is 0.237 e. The number of carbonyl (C=O) groups is 1. The largest absolute Gasteiger partial charge is 0.378 e. The number of rotatable bonds is 8. The average molecular weight is 231 g/mol. The Hall–Kier alpha value is -0.650. The maximum absolute atomic E-state index is 11.4. The van der Waals surface area contributed by atoms with Gasteiger partial charge < -0.3 is 20.7 Å². The van der Waals surface area contributed by atoms with Gasteiger partial charge in [0.25, 0.3) is 0 Å². The highest BCUT2D eigenvalue weighted by atomic mass is 16.5. The highest BCUT2D eigenvalue weighted by Crippen LogP contribution is 1.97. The normalized spacial score (nSPS) is 13.2. The third kappa shape index (κ3) is 7.62. The van der Waals surface area contributed by atoms with E-state index in [-0.39, 0.29) is 11.8 Å².